The van der Waals surface area contributed by atoms with Gasteiger partial charge in [0.05, 0.1) is 5.69 Å². The number of H-pyrrole nitrogens is 1. The lowest BCUT2D eigenvalue weighted by Crippen LogP contribution is -2.06. The highest BCUT2D eigenvalue weighted by atomic mass is 15.0. The van der Waals surface area contributed by atoms with E-state index in [1.807, 2.05) is 20.9 Å². The third-order valence-electron chi connectivity index (χ3n) is 1.45. The van der Waals surface area contributed by atoms with E-state index >= 15 is 0 Å². The fourth-order valence-electron chi connectivity index (χ4n) is 0.997. The summed E-state index contributed by atoms with van der Waals surface area (Å²) in [5, 5.41) is 3.06. The topological polar surface area (TPSA) is 40.7 Å². The maximum Gasteiger partial charge on any atom is 0.103 e. The van der Waals surface area contributed by atoms with E-state index in [0.717, 1.165) is 23.8 Å². The second-order valence-electron chi connectivity index (χ2n) is 2.42. The molecule has 3 nitrogen and oxygen atoms in total. The summed E-state index contributed by atoms with van der Waals surface area (Å²) < 4.78 is 0. The van der Waals surface area contributed by atoms with Crippen molar-refractivity contribution < 1.29 is 0 Å². The van der Waals surface area contributed by atoms with E-state index in [1.54, 1.807) is 0 Å². The van der Waals surface area contributed by atoms with Gasteiger partial charge < -0.3 is 10.3 Å². The van der Waals surface area contributed by atoms with Crippen molar-refractivity contribution in [1.82, 2.24) is 15.3 Å². The average Bonchev–Trinajstić information content (AvgIpc) is 2.13. The van der Waals surface area contributed by atoms with Gasteiger partial charge >= 0.3 is 0 Å². The van der Waals surface area contributed by atoms with Gasteiger partial charge in [-0.3, -0.25) is 0 Å². The lowest BCUT2D eigenvalue weighted by atomic mass is 10.3. The summed E-state index contributed by atoms with van der Waals surface area (Å²) in [6, 6.07) is 0. The van der Waals surface area contributed by atoms with E-state index in [-0.39, 0.29) is 0 Å². The molecular weight excluding hydrogens is 126 g/mol. The first-order valence-corrected chi connectivity index (χ1v) is 3.40. The van der Waals surface area contributed by atoms with Crippen molar-refractivity contribution in [2.75, 3.05) is 7.05 Å². The molecular formula is C7H13N3. The van der Waals surface area contributed by atoms with Crippen LogP contribution < -0.4 is 5.32 Å². The van der Waals surface area contributed by atoms with Crippen molar-refractivity contribution in [1.29, 1.82) is 0 Å². The number of rotatable bonds is 2. The zero-order chi connectivity index (χ0) is 7.56. The maximum absolute atomic E-state index is 4.28. The predicted octanol–water partition coefficient (Wildman–Crippen LogP) is 0.746. The Bertz CT molecular complexity index is 215. The van der Waals surface area contributed by atoms with Crippen molar-refractivity contribution in [3.05, 3.63) is 17.2 Å². The molecule has 3 heteroatoms. The SMILES string of the molecule is CNCc1nc(C)[nH]c1C. The zero-order valence-corrected chi connectivity index (χ0v) is 6.65. The molecule has 1 aromatic rings. The first-order valence-electron chi connectivity index (χ1n) is 3.40. The van der Waals surface area contributed by atoms with Crippen LogP contribution in [0.4, 0.5) is 0 Å². The normalized spacial score (nSPS) is 10.3. The van der Waals surface area contributed by atoms with E-state index in [2.05, 4.69) is 15.3 Å². The van der Waals surface area contributed by atoms with Crippen molar-refractivity contribution in [3.8, 4) is 0 Å². The second kappa shape index (κ2) is 2.84. The van der Waals surface area contributed by atoms with Crippen LogP contribution in [0.1, 0.15) is 17.2 Å². The van der Waals surface area contributed by atoms with Gasteiger partial charge in [-0.05, 0) is 20.9 Å². The van der Waals surface area contributed by atoms with Gasteiger partial charge in [-0.1, -0.05) is 0 Å². The number of hydrogen-bond acceptors (Lipinski definition) is 2. The van der Waals surface area contributed by atoms with E-state index in [0.29, 0.717) is 0 Å². The molecule has 0 aliphatic rings. The summed E-state index contributed by atoms with van der Waals surface area (Å²) in [4.78, 5) is 7.42. The quantitative estimate of drug-likeness (QED) is 0.634. The molecule has 0 amide bonds. The molecule has 0 bridgehead atoms. The van der Waals surface area contributed by atoms with E-state index in [1.165, 1.54) is 0 Å². The molecule has 0 spiro atoms. The smallest absolute Gasteiger partial charge is 0.103 e. The fourth-order valence-corrected chi connectivity index (χ4v) is 0.997. The molecule has 0 fully saturated rings. The Morgan fingerprint density at radius 3 is 2.60 bits per heavy atom. The van der Waals surface area contributed by atoms with Gasteiger partial charge in [-0.25, -0.2) is 4.98 Å². The number of aryl methyl sites for hydroxylation is 2. The summed E-state index contributed by atoms with van der Waals surface area (Å²) in [5.74, 6) is 0.989. The van der Waals surface area contributed by atoms with Crippen LogP contribution in [-0.2, 0) is 6.54 Å². The van der Waals surface area contributed by atoms with Gasteiger partial charge in [0.15, 0.2) is 0 Å². The van der Waals surface area contributed by atoms with Crippen molar-refractivity contribution in [2.45, 2.75) is 20.4 Å². The molecule has 0 aliphatic heterocycles. The lowest BCUT2D eigenvalue weighted by molar-refractivity contribution is 0.789. The molecule has 0 aromatic carbocycles. The Morgan fingerprint density at radius 2 is 2.20 bits per heavy atom. The summed E-state index contributed by atoms with van der Waals surface area (Å²) in [6.07, 6.45) is 0. The third-order valence-corrected chi connectivity index (χ3v) is 1.45. The molecule has 56 valence electrons. The Labute approximate surface area is 60.9 Å². The maximum atomic E-state index is 4.28. The highest BCUT2D eigenvalue weighted by Gasteiger charge is 2.00. The molecule has 0 unspecified atom stereocenters. The molecule has 0 saturated heterocycles. The van der Waals surface area contributed by atoms with Crippen molar-refractivity contribution >= 4 is 0 Å². The summed E-state index contributed by atoms with van der Waals surface area (Å²) in [6.45, 7) is 4.84. The van der Waals surface area contributed by atoms with Crippen LogP contribution in [-0.4, -0.2) is 17.0 Å². The molecule has 0 radical (unpaired) electrons. The largest absolute Gasteiger partial charge is 0.346 e. The number of hydrogen-bond donors (Lipinski definition) is 2. The van der Waals surface area contributed by atoms with Crippen LogP contribution in [0, 0.1) is 13.8 Å². The van der Waals surface area contributed by atoms with Gasteiger partial charge in [-0.15, -0.1) is 0 Å². The highest BCUT2D eigenvalue weighted by Crippen LogP contribution is 2.02. The van der Waals surface area contributed by atoms with Crippen molar-refractivity contribution in [3.63, 3.8) is 0 Å². The third kappa shape index (κ3) is 1.36. The molecule has 0 saturated carbocycles. The Balaban J connectivity index is 2.81. The lowest BCUT2D eigenvalue weighted by Gasteiger charge is -1.93. The first-order chi connectivity index (χ1) is 4.74. The number of imidazole rings is 1. The minimum atomic E-state index is 0.843. The molecule has 0 aliphatic carbocycles. The molecule has 1 rings (SSSR count). The monoisotopic (exact) mass is 139 g/mol. The highest BCUT2D eigenvalue weighted by molar-refractivity contribution is 5.11. The van der Waals surface area contributed by atoms with Crippen LogP contribution >= 0.6 is 0 Å². The van der Waals surface area contributed by atoms with E-state index < -0.39 is 0 Å². The van der Waals surface area contributed by atoms with E-state index in [9.17, 15) is 0 Å². The van der Waals surface area contributed by atoms with E-state index in [4.69, 9.17) is 0 Å². The summed E-state index contributed by atoms with van der Waals surface area (Å²) in [7, 11) is 1.92. The Morgan fingerprint density at radius 1 is 1.50 bits per heavy atom. The Hall–Kier alpha value is -0.830. The van der Waals surface area contributed by atoms with Crippen LogP contribution in [0.3, 0.4) is 0 Å². The molecule has 1 heterocycles. The van der Waals surface area contributed by atoms with Crippen LogP contribution in [0.2, 0.25) is 0 Å². The Kier molecular flexibility index (Phi) is 2.06. The van der Waals surface area contributed by atoms with Gasteiger partial charge in [0, 0.05) is 12.2 Å². The van der Waals surface area contributed by atoms with Gasteiger partial charge in [-0.2, -0.15) is 0 Å². The van der Waals surface area contributed by atoms with Crippen LogP contribution in [0.15, 0.2) is 0 Å². The second-order valence-corrected chi connectivity index (χ2v) is 2.42. The number of nitrogens with one attached hydrogen (secondary N) is 2. The minimum Gasteiger partial charge on any atom is -0.346 e. The van der Waals surface area contributed by atoms with Gasteiger partial charge in [0.2, 0.25) is 0 Å². The fraction of sp³-hybridized carbons (Fsp3) is 0.571. The molecule has 0 atom stereocenters. The van der Waals surface area contributed by atoms with Crippen LogP contribution in [0.5, 0.6) is 0 Å². The number of aromatic amines is 1. The number of aromatic nitrogens is 2. The zero-order valence-electron chi connectivity index (χ0n) is 6.65. The molecule has 1 aromatic heterocycles. The molecule has 10 heavy (non-hydrogen) atoms. The average molecular weight is 139 g/mol. The first kappa shape index (κ1) is 7.28. The number of nitrogens with zero attached hydrogens (tertiary/aromatic N) is 1. The standard InChI is InChI=1S/C7H13N3/c1-5-7(4-8-3)10-6(2)9-5/h8H,4H2,1-3H3,(H,9,10). The minimum absolute atomic E-state index is 0.843. The van der Waals surface area contributed by atoms with Gasteiger partial charge in [0.1, 0.15) is 5.82 Å². The summed E-state index contributed by atoms with van der Waals surface area (Å²) in [5.41, 5.74) is 2.27. The van der Waals surface area contributed by atoms with Crippen molar-refractivity contribution in [2.24, 2.45) is 0 Å². The van der Waals surface area contributed by atoms with Crippen LogP contribution in [0.25, 0.3) is 0 Å². The summed E-state index contributed by atoms with van der Waals surface area (Å²) >= 11 is 0. The predicted molar refractivity (Wildman–Crippen MR) is 40.8 cm³/mol. The van der Waals surface area contributed by atoms with Gasteiger partial charge in [0.25, 0.3) is 0 Å². The molecule has 2 N–H and O–H groups in total.